The Bertz CT molecular complexity index is 376. The van der Waals surface area contributed by atoms with Crippen molar-refractivity contribution in [2.75, 3.05) is 5.32 Å². The SMILES string of the molecule is CCc1ccc2c(n1)NC(=O)C(C)O2. The Labute approximate surface area is 82.3 Å². The summed E-state index contributed by atoms with van der Waals surface area (Å²) in [6, 6.07) is 3.75. The highest BCUT2D eigenvalue weighted by Gasteiger charge is 2.24. The zero-order valence-corrected chi connectivity index (χ0v) is 8.20. The highest BCUT2D eigenvalue weighted by Crippen LogP contribution is 2.27. The molecule has 2 rings (SSSR count). The maximum Gasteiger partial charge on any atom is 0.266 e. The van der Waals surface area contributed by atoms with Gasteiger partial charge in [-0.15, -0.1) is 0 Å². The summed E-state index contributed by atoms with van der Waals surface area (Å²) >= 11 is 0. The number of hydrogen-bond acceptors (Lipinski definition) is 3. The van der Waals surface area contributed by atoms with E-state index in [2.05, 4.69) is 10.3 Å². The van der Waals surface area contributed by atoms with Crippen LogP contribution in [-0.2, 0) is 11.2 Å². The lowest BCUT2D eigenvalue weighted by molar-refractivity contribution is -0.122. The molecule has 0 bridgehead atoms. The Morgan fingerprint density at radius 1 is 1.57 bits per heavy atom. The summed E-state index contributed by atoms with van der Waals surface area (Å²) in [5.41, 5.74) is 0.946. The van der Waals surface area contributed by atoms with E-state index in [4.69, 9.17) is 4.74 Å². The third kappa shape index (κ3) is 1.43. The van der Waals surface area contributed by atoms with Gasteiger partial charge in [0.2, 0.25) is 0 Å². The van der Waals surface area contributed by atoms with Gasteiger partial charge in [-0.2, -0.15) is 0 Å². The number of rotatable bonds is 1. The Morgan fingerprint density at radius 2 is 2.36 bits per heavy atom. The van der Waals surface area contributed by atoms with Gasteiger partial charge in [0.1, 0.15) is 0 Å². The van der Waals surface area contributed by atoms with E-state index in [0.29, 0.717) is 11.6 Å². The second-order valence-electron chi connectivity index (χ2n) is 3.25. The van der Waals surface area contributed by atoms with Crippen molar-refractivity contribution in [1.82, 2.24) is 4.98 Å². The first-order valence-electron chi connectivity index (χ1n) is 4.68. The van der Waals surface area contributed by atoms with E-state index in [1.54, 1.807) is 6.92 Å². The lowest BCUT2D eigenvalue weighted by Gasteiger charge is -2.22. The van der Waals surface area contributed by atoms with Gasteiger partial charge >= 0.3 is 0 Å². The first-order valence-corrected chi connectivity index (χ1v) is 4.68. The van der Waals surface area contributed by atoms with Gasteiger partial charge in [-0.3, -0.25) is 4.79 Å². The van der Waals surface area contributed by atoms with Crippen LogP contribution in [0, 0.1) is 0 Å². The standard InChI is InChI=1S/C10H12N2O2/c1-3-7-4-5-8-9(11-7)12-10(13)6(2)14-8/h4-6H,3H2,1-2H3,(H,11,12,13). The van der Waals surface area contributed by atoms with E-state index in [0.717, 1.165) is 12.1 Å². The first kappa shape index (κ1) is 8.99. The summed E-state index contributed by atoms with van der Waals surface area (Å²) in [6.07, 6.45) is 0.412. The van der Waals surface area contributed by atoms with Crippen molar-refractivity contribution in [3.63, 3.8) is 0 Å². The molecular formula is C10H12N2O2. The summed E-state index contributed by atoms with van der Waals surface area (Å²) < 4.78 is 5.37. The van der Waals surface area contributed by atoms with Crippen LogP contribution in [0.1, 0.15) is 19.5 Å². The van der Waals surface area contributed by atoms with E-state index >= 15 is 0 Å². The van der Waals surface area contributed by atoms with E-state index in [-0.39, 0.29) is 5.91 Å². The van der Waals surface area contributed by atoms with Crippen LogP contribution >= 0.6 is 0 Å². The van der Waals surface area contributed by atoms with E-state index < -0.39 is 6.10 Å². The molecule has 0 saturated carbocycles. The fourth-order valence-electron chi connectivity index (χ4n) is 1.33. The molecule has 2 heterocycles. The van der Waals surface area contributed by atoms with Crippen LogP contribution in [0.15, 0.2) is 12.1 Å². The van der Waals surface area contributed by atoms with E-state index in [1.165, 1.54) is 0 Å². The molecule has 1 aromatic rings. The molecule has 4 nitrogen and oxygen atoms in total. The third-order valence-corrected chi connectivity index (χ3v) is 2.19. The molecular weight excluding hydrogens is 180 g/mol. The Hall–Kier alpha value is -1.58. The molecule has 1 amide bonds. The molecule has 1 N–H and O–H groups in total. The molecule has 0 aliphatic carbocycles. The predicted molar refractivity (Wildman–Crippen MR) is 52.3 cm³/mol. The number of nitrogens with one attached hydrogen (secondary N) is 1. The van der Waals surface area contributed by atoms with Crippen LogP contribution in [-0.4, -0.2) is 17.0 Å². The number of aryl methyl sites for hydroxylation is 1. The third-order valence-electron chi connectivity index (χ3n) is 2.19. The van der Waals surface area contributed by atoms with Gasteiger partial charge in [-0.25, -0.2) is 4.98 Å². The van der Waals surface area contributed by atoms with Crippen LogP contribution in [0.4, 0.5) is 5.82 Å². The number of anilines is 1. The second kappa shape index (κ2) is 3.29. The minimum atomic E-state index is -0.434. The molecule has 0 aromatic carbocycles. The highest BCUT2D eigenvalue weighted by atomic mass is 16.5. The van der Waals surface area contributed by atoms with Crippen LogP contribution in [0.25, 0.3) is 0 Å². The topological polar surface area (TPSA) is 51.2 Å². The molecule has 0 saturated heterocycles. The fourth-order valence-corrected chi connectivity index (χ4v) is 1.33. The minimum absolute atomic E-state index is 0.141. The van der Waals surface area contributed by atoms with Gasteiger partial charge in [-0.05, 0) is 25.5 Å². The molecule has 74 valence electrons. The molecule has 1 aromatic heterocycles. The quantitative estimate of drug-likeness (QED) is 0.731. The van der Waals surface area contributed by atoms with Gasteiger partial charge in [0.25, 0.3) is 5.91 Å². The smallest absolute Gasteiger partial charge is 0.266 e. The molecule has 0 fully saturated rings. The van der Waals surface area contributed by atoms with Crippen molar-refractivity contribution >= 4 is 11.7 Å². The second-order valence-corrected chi connectivity index (χ2v) is 3.25. The monoisotopic (exact) mass is 192 g/mol. The lowest BCUT2D eigenvalue weighted by atomic mass is 10.2. The summed E-state index contributed by atoms with van der Waals surface area (Å²) in [6.45, 7) is 3.73. The van der Waals surface area contributed by atoms with E-state index in [9.17, 15) is 4.79 Å². The zero-order chi connectivity index (χ0) is 10.1. The van der Waals surface area contributed by atoms with Crippen molar-refractivity contribution in [2.45, 2.75) is 26.4 Å². The minimum Gasteiger partial charge on any atom is -0.477 e. The Kier molecular flexibility index (Phi) is 2.11. The molecule has 1 atom stereocenters. The number of fused-ring (bicyclic) bond motifs is 1. The molecule has 14 heavy (non-hydrogen) atoms. The fraction of sp³-hybridized carbons (Fsp3) is 0.400. The van der Waals surface area contributed by atoms with Crippen molar-refractivity contribution in [1.29, 1.82) is 0 Å². The van der Waals surface area contributed by atoms with Crippen LogP contribution in [0.2, 0.25) is 0 Å². The summed E-state index contributed by atoms with van der Waals surface area (Å²) in [5.74, 6) is 1.04. The number of carbonyl (C=O) groups excluding carboxylic acids is 1. The molecule has 4 heteroatoms. The maximum atomic E-state index is 11.3. The zero-order valence-electron chi connectivity index (χ0n) is 8.20. The van der Waals surface area contributed by atoms with Gasteiger partial charge in [0.05, 0.1) is 0 Å². The molecule has 1 aliphatic rings. The Balaban J connectivity index is 2.37. The number of carbonyl (C=O) groups is 1. The maximum absolute atomic E-state index is 11.3. The van der Waals surface area contributed by atoms with Gasteiger partial charge in [-0.1, -0.05) is 6.92 Å². The Morgan fingerprint density at radius 3 is 3.07 bits per heavy atom. The highest BCUT2D eigenvalue weighted by molar-refractivity contribution is 5.96. The number of hydrogen-bond donors (Lipinski definition) is 1. The average Bonchev–Trinajstić information content (AvgIpc) is 2.19. The van der Waals surface area contributed by atoms with Crippen molar-refractivity contribution in [3.05, 3.63) is 17.8 Å². The number of pyridine rings is 1. The van der Waals surface area contributed by atoms with Crippen LogP contribution in [0.3, 0.4) is 0 Å². The molecule has 1 unspecified atom stereocenters. The van der Waals surface area contributed by atoms with Crippen molar-refractivity contribution in [3.8, 4) is 5.75 Å². The van der Waals surface area contributed by atoms with Crippen LogP contribution in [0.5, 0.6) is 5.75 Å². The number of nitrogens with zero attached hydrogens (tertiary/aromatic N) is 1. The average molecular weight is 192 g/mol. The number of aromatic nitrogens is 1. The molecule has 0 radical (unpaired) electrons. The lowest BCUT2D eigenvalue weighted by Crippen LogP contribution is -2.34. The van der Waals surface area contributed by atoms with Gasteiger partial charge in [0, 0.05) is 5.69 Å². The van der Waals surface area contributed by atoms with Crippen molar-refractivity contribution < 1.29 is 9.53 Å². The van der Waals surface area contributed by atoms with E-state index in [1.807, 2.05) is 19.1 Å². The summed E-state index contributed by atoms with van der Waals surface area (Å²) in [4.78, 5) is 15.5. The molecule has 0 spiro atoms. The number of amides is 1. The van der Waals surface area contributed by atoms with Crippen molar-refractivity contribution in [2.24, 2.45) is 0 Å². The predicted octanol–water partition coefficient (Wildman–Crippen LogP) is 1.36. The largest absolute Gasteiger partial charge is 0.477 e. The molecule has 1 aliphatic heterocycles. The van der Waals surface area contributed by atoms with Crippen LogP contribution < -0.4 is 10.1 Å². The summed E-state index contributed by atoms with van der Waals surface area (Å²) in [7, 11) is 0. The first-order chi connectivity index (χ1) is 6.70. The normalized spacial score (nSPS) is 19.6. The van der Waals surface area contributed by atoms with Gasteiger partial charge in [0.15, 0.2) is 17.7 Å². The number of ether oxygens (including phenoxy) is 1. The summed E-state index contributed by atoms with van der Waals surface area (Å²) in [5, 5.41) is 2.71. The van der Waals surface area contributed by atoms with Gasteiger partial charge < -0.3 is 10.1 Å².